The maximum absolute atomic E-state index is 14.2. The largest absolute Gasteiger partial charge is 0.444 e. The van der Waals surface area contributed by atoms with Gasteiger partial charge in [0.25, 0.3) is 0 Å². The fourth-order valence-electron chi connectivity index (χ4n) is 3.54. The van der Waals surface area contributed by atoms with Crippen LogP contribution in [0.5, 0.6) is 0 Å². The van der Waals surface area contributed by atoms with E-state index in [1.165, 1.54) is 6.07 Å². The molecule has 4 nitrogen and oxygen atoms in total. The smallest absolute Gasteiger partial charge is 0.410 e. The van der Waals surface area contributed by atoms with Gasteiger partial charge < -0.3 is 9.64 Å². The number of benzene rings is 1. The Morgan fingerprint density at radius 2 is 1.92 bits per heavy atom. The maximum Gasteiger partial charge on any atom is 0.410 e. The summed E-state index contributed by atoms with van der Waals surface area (Å²) in [6, 6.07) is 3.11. The van der Waals surface area contributed by atoms with Gasteiger partial charge in [0.2, 0.25) is 0 Å². The fraction of sp³-hybridized carbons (Fsp3) is 0.556. The molecule has 0 aromatic heterocycles. The highest BCUT2D eigenvalue weighted by Gasteiger charge is 2.49. The number of piperidine rings is 1. The fourth-order valence-corrected chi connectivity index (χ4v) is 3.97. The lowest BCUT2D eigenvalue weighted by Crippen LogP contribution is -2.47. The zero-order valence-electron chi connectivity index (χ0n) is 14.1. The van der Waals surface area contributed by atoms with Crippen molar-refractivity contribution in [2.24, 2.45) is 5.41 Å². The van der Waals surface area contributed by atoms with Crippen molar-refractivity contribution < 1.29 is 18.7 Å². The van der Waals surface area contributed by atoms with E-state index in [4.69, 9.17) is 4.74 Å². The Morgan fingerprint density at radius 1 is 1.29 bits per heavy atom. The normalized spacial score (nSPS) is 19.5. The minimum atomic E-state index is -0.581. The number of rotatable bonds is 0. The van der Waals surface area contributed by atoms with E-state index >= 15 is 0 Å². The predicted molar refractivity (Wildman–Crippen MR) is 91.6 cm³/mol. The van der Waals surface area contributed by atoms with Crippen LogP contribution in [0.25, 0.3) is 0 Å². The van der Waals surface area contributed by atoms with Crippen LogP contribution in [0.2, 0.25) is 0 Å². The molecule has 2 aliphatic rings. The van der Waals surface area contributed by atoms with Crippen molar-refractivity contribution >= 4 is 27.8 Å². The van der Waals surface area contributed by atoms with E-state index in [2.05, 4.69) is 15.9 Å². The van der Waals surface area contributed by atoms with Gasteiger partial charge in [-0.25, -0.2) is 9.18 Å². The van der Waals surface area contributed by atoms with Gasteiger partial charge in [0.05, 0.1) is 0 Å². The van der Waals surface area contributed by atoms with Crippen LogP contribution in [0.1, 0.15) is 49.5 Å². The minimum absolute atomic E-state index is 0.00142. The van der Waals surface area contributed by atoms with Crippen molar-refractivity contribution in [3.63, 3.8) is 0 Å². The Bertz CT molecular complexity index is 703. The lowest BCUT2D eigenvalue weighted by Gasteiger charge is -2.38. The van der Waals surface area contributed by atoms with Crippen molar-refractivity contribution in [2.75, 3.05) is 13.1 Å². The molecule has 1 heterocycles. The van der Waals surface area contributed by atoms with Gasteiger partial charge in [-0.15, -0.1) is 0 Å². The highest BCUT2D eigenvalue weighted by Crippen LogP contribution is 2.46. The highest BCUT2D eigenvalue weighted by molar-refractivity contribution is 9.10. The maximum atomic E-state index is 14.2. The summed E-state index contributed by atoms with van der Waals surface area (Å²) < 4.78 is 20.2. The Kier molecular flexibility index (Phi) is 4.22. The van der Waals surface area contributed by atoms with E-state index < -0.39 is 11.0 Å². The number of ether oxygens (including phenoxy) is 1. The molecule has 24 heavy (non-hydrogen) atoms. The Labute approximate surface area is 149 Å². The zero-order chi connectivity index (χ0) is 17.7. The highest BCUT2D eigenvalue weighted by atomic mass is 79.9. The number of ketones is 1. The summed E-state index contributed by atoms with van der Waals surface area (Å²) in [4.78, 5) is 26.7. The van der Waals surface area contributed by atoms with Crippen LogP contribution < -0.4 is 0 Å². The average molecular weight is 398 g/mol. The first-order valence-electron chi connectivity index (χ1n) is 8.12. The molecule has 130 valence electrons. The standard InChI is InChI=1S/C18H21BrFNO3/c1-17(2,3)24-16(23)21-6-4-18(5-7-21)10-13-12(15(18)22)8-11(19)9-14(13)20/h8-9H,4-7,10H2,1-3H3. The minimum Gasteiger partial charge on any atom is -0.444 e. The second-order valence-corrected chi connectivity index (χ2v) is 8.58. The Balaban J connectivity index is 1.74. The molecule has 3 rings (SSSR count). The summed E-state index contributed by atoms with van der Waals surface area (Å²) in [5.41, 5.74) is -0.134. The van der Waals surface area contributed by atoms with Crippen LogP contribution in [-0.4, -0.2) is 35.5 Å². The summed E-state index contributed by atoms with van der Waals surface area (Å²) in [6.45, 7) is 6.39. The molecule has 0 N–H and O–H groups in total. The summed E-state index contributed by atoms with van der Waals surface area (Å²) in [6.07, 6.45) is 1.14. The molecule has 1 fully saturated rings. The number of hydrogen-bond acceptors (Lipinski definition) is 3. The molecule has 1 saturated heterocycles. The molecule has 0 radical (unpaired) electrons. The van der Waals surface area contributed by atoms with Gasteiger partial charge in [0.15, 0.2) is 5.78 Å². The third kappa shape index (κ3) is 3.08. The van der Waals surface area contributed by atoms with Gasteiger partial charge in [-0.05, 0) is 57.7 Å². The molecule has 0 unspecified atom stereocenters. The van der Waals surface area contributed by atoms with Gasteiger partial charge in [-0.1, -0.05) is 15.9 Å². The molecule has 1 spiro atoms. The number of Topliss-reactive ketones (excluding diaryl/α,β-unsaturated/α-hetero) is 1. The van der Waals surface area contributed by atoms with Crippen LogP contribution in [0.4, 0.5) is 9.18 Å². The van der Waals surface area contributed by atoms with Crippen LogP contribution >= 0.6 is 15.9 Å². The molecule has 1 aliphatic heterocycles. The van der Waals surface area contributed by atoms with Gasteiger partial charge in [-0.3, -0.25) is 4.79 Å². The predicted octanol–water partition coefficient (Wildman–Crippen LogP) is 4.34. The number of carbonyl (C=O) groups excluding carboxylic acids is 2. The summed E-state index contributed by atoms with van der Waals surface area (Å²) in [5, 5.41) is 0. The van der Waals surface area contributed by atoms with Gasteiger partial charge in [0.1, 0.15) is 11.4 Å². The molecule has 0 atom stereocenters. The lowest BCUT2D eigenvalue weighted by molar-refractivity contribution is 0.0113. The number of amides is 1. The van der Waals surface area contributed by atoms with Crippen molar-refractivity contribution in [1.82, 2.24) is 4.90 Å². The molecule has 1 aromatic rings. The van der Waals surface area contributed by atoms with Crippen LogP contribution in [0.15, 0.2) is 16.6 Å². The van der Waals surface area contributed by atoms with Crippen molar-refractivity contribution in [3.8, 4) is 0 Å². The lowest BCUT2D eigenvalue weighted by atomic mass is 9.75. The van der Waals surface area contributed by atoms with E-state index in [1.807, 2.05) is 20.8 Å². The van der Waals surface area contributed by atoms with Gasteiger partial charge in [0, 0.05) is 28.5 Å². The van der Waals surface area contributed by atoms with E-state index in [1.54, 1.807) is 11.0 Å². The molecule has 1 aliphatic carbocycles. The topological polar surface area (TPSA) is 46.6 Å². The van der Waals surface area contributed by atoms with E-state index in [0.29, 0.717) is 48.0 Å². The third-order valence-electron chi connectivity index (χ3n) is 4.77. The molecule has 6 heteroatoms. The number of nitrogens with zero attached hydrogens (tertiary/aromatic N) is 1. The molecular formula is C18H21BrFNO3. The van der Waals surface area contributed by atoms with Crippen molar-refractivity contribution in [3.05, 3.63) is 33.5 Å². The number of halogens is 2. The Morgan fingerprint density at radius 3 is 2.50 bits per heavy atom. The Hall–Kier alpha value is -1.43. The summed E-state index contributed by atoms with van der Waals surface area (Å²) >= 11 is 3.25. The summed E-state index contributed by atoms with van der Waals surface area (Å²) in [7, 11) is 0. The first-order chi connectivity index (χ1) is 11.1. The van der Waals surface area contributed by atoms with Crippen molar-refractivity contribution in [2.45, 2.75) is 45.6 Å². The second-order valence-electron chi connectivity index (χ2n) is 7.67. The SMILES string of the molecule is CC(C)(C)OC(=O)N1CCC2(CC1)Cc1c(F)cc(Br)cc1C2=O. The first-order valence-corrected chi connectivity index (χ1v) is 8.91. The van der Waals surface area contributed by atoms with Gasteiger partial charge >= 0.3 is 6.09 Å². The monoisotopic (exact) mass is 397 g/mol. The van der Waals surface area contributed by atoms with Crippen LogP contribution in [-0.2, 0) is 11.2 Å². The number of likely N-dealkylation sites (tertiary alicyclic amines) is 1. The third-order valence-corrected chi connectivity index (χ3v) is 5.23. The quantitative estimate of drug-likeness (QED) is 0.653. The molecule has 1 amide bonds. The number of hydrogen-bond donors (Lipinski definition) is 0. The van der Waals surface area contributed by atoms with E-state index in [0.717, 1.165) is 0 Å². The zero-order valence-corrected chi connectivity index (χ0v) is 15.7. The van der Waals surface area contributed by atoms with Crippen molar-refractivity contribution in [1.29, 1.82) is 0 Å². The molecule has 0 bridgehead atoms. The average Bonchev–Trinajstić information content (AvgIpc) is 2.72. The number of carbonyl (C=O) groups is 2. The molecular weight excluding hydrogens is 377 g/mol. The summed E-state index contributed by atoms with van der Waals surface area (Å²) in [5.74, 6) is -0.333. The first kappa shape index (κ1) is 17.4. The van der Waals surface area contributed by atoms with E-state index in [-0.39, 0.29) is 17.7 Å². The van der Waals surface area contributed by atoms with E-state index in [9.17, 15) is 14.0 Å². The van der Waals surface area contributed by atoms with Crippen LogP contribution in [0.3, 0.4) is 0 Å². The number of fused-ring (bicyclic) bond motifs is 1. The van der Waals surface area contributed by atoms with Crippen LogP contribution in [0, 0.1) is 11.2 Å². The second kappa shape index (κ2) is 5.83. The molecule has 0 saturated carbocycles. The molecule has 1 aromatic carbocycles. The van der Waals surface area contributed by atoms with Gasteiger partial charge in [-0.2, -0.15) is 0 Å².